The van der Waals surface area contributed by atoms with E-state index in [1.54, 1.807) is 11.9 Å². The van der Waals surface area contributed by atoms with Crippen molar-refractivity contribution in [2.75, 3.05) is 13.1 Å². The maximum atomic E-state index is 12.7. The molecule has 26 heavy (non-hydrogen) atoms. The number of aryl methyl sites for hydroxylation is 2. The summed E-state index contributed by atoms with van der Waals surface area (Å²) in [5.74, 6) is 0.483. The molecule has 0 spiro atoms. The van der Waals surface area contributed by atoms with E-state index in [0.717, 1.165) is 25.7 Å². The summed E-state index contributed by atoms with van der Waals surface area (Å²) >= 11 is 0. The van der Waals surface area contributed by atoms with Gasteiger partial charge in [-0.1, -0.05) is 30.3 Å². The fourth-order valence-corrected chi connectivity index (χ4v) is 4.09. The Balaban J connectivity index is 1.56. The first-order valence-corrected chi connectivity index (χ1v) is 10.4. The molecule has 0 unspecified atom stereocenters. The molecular weight excluding hydrogens is 350 g/mol. The van der Waals surface area contributed by atoms with Gasteiger partial charge < -0.3 is 9.47 Å². The zero-order chi connectivity index (χ0) is 18.7. The Morgan fingerprint density at radius 2 is 1.85 bits per heavy atom. The number of amides is 1. The molecular formula is C19H25N3O3S. The van der Waals surface area contributed by atoms with Crippen molar-refractivity contribution < 1.29 is 13.2 Å². The number of carbonyl (C=O) groups is 1. The van der Waals surface area contributed by atoms with Crippen molar-refractivity contribution in [3.05, 3.63) is 53.9 Å². The Morgan fingerprint density at radius 1 is 1.19 bits per heavy atom. The van der Waals surface area contributed by atoms with Crippen molar-refractivity contribution >= 4 is 15.9 Å². The first-order valence-electron chi connectivity index (χ1n) is 8.87. The van der Waals surface area contributed by atoms with E-state index < -0.39 is 10.0 Å². The smallest absolute Gasteiger partial charge is 0.270 e. The topological polar surface area (TPSA) is 85.4 Å². The number of benzene rings is 1. The minimum atomic E-state index is -3.80. The molecule has 2 N–H and O–H groups in total. The second-order valence-electron chi connectivity index (χ2n) is 6.98. The van der Waals surface area contributed by atoms with E-state index >= 15 is 0 Å². The van der Waals surface area contributed by atoms with Crippen LogP contribution in [0, 0.1) is 5.92 Å². The molecule has 6 nitrogen and oxygen atoms in total. The number of nitrogens with two attached hydrogens (primary N) is 1. The van der Waals surface area contributed by atoms with Crippen LogP contribution >= 0.6 is 0 Å². The van der Waals surface area contributed by atoms with Crippen LogP contribution in [0.15, 0.2) is 47.5 Å². The van der Waals surface area contributed by atoms with Gasteiger partial charge in [0.2, 0.25) is 10.0 Å². The molecule has 140 valence electrons. The number of sulfonamides is 1. The van der Waals surface area contributed by atoms with Gasteiger partial charge in [0.1, 0.15) is 10.6 Å². The Bertz CT molecular complexity index is 867. The van der Waals surface area contributed by atoms with Crippen molar-refractivity contribution in [2.45, 2.75) is 30.6 Å². The number of hydrogen-bond acceptors (Lipinski definition) is 3. The van der Waals surface area contributed by atoms with E-state index in [-0.39, 0.29) is 10.8 Å². The molecule has 0 aliphatic carbocycles. The molecule has 0 atom stereocenters. The van der Waals surface area contributed by atoms with Crippen LogP contribution in [0.1, 0.15) is 35.3 Å². The Kier molecular flexibility index (Phi) is 5.48. The Labute approximate surface area is 154 Å². The summed E-state index contributed by atoms with van der Waals surface area (Å²) in [5, 5.41) is 5.15. The number of likely N-dealkylation sites (tertiary alicyclic amines) is 1. The number of aromatic nitrogens is 1. The molecule has 1 saturated heterocycles. The second-order valence-corrected chi connectivity index (χ2v) is 8.54. The quantitative estimate of drug-likeness (QED) is 0.869. The molecule has 1 aromatic carbocycles. The van der Waals surface area contributed by atoms with Crippen molar-refractivity contribution in [1.29, 1.82) is 0 Å². The summed E-state index contributed by atoms with van der Waals surface area (Å²) in [5.41, 5.74) is 1.71. The highest BCUT2D eigenvalue weighted by molar-refractivity contribution is 7.89. The third-order valence-electron chi connectivity index (χ3n) is 5.11. The average Bonchev–Trinajstić information content (AvgIpc) is 3.03. The van der Waals surface area contributed by atoms with Crippen LogP contribution in [0.25, 0.3) is 0 Å². The first-order chi connectivity index (χ1) is 12.3. The zero-order valence-electron chi connectivity index (χ0n) is 15.0. The third-order valence-corrected chi connectivity index (χ3v) is 5.99. The zero-order valence-corrected chi connectivity index (χ0v) is 15.8. The molecule has 3 rings (SSSR count). The predicted octanol–water partition coefficient (Wildman–Crippen LogP) is 2.16. The van der Waals surface area contributed by atoms with Crippen molar-refractivity contribution in [3.63, 3.8) is 0 Å². The predicted molar refractivity (Wildman–Crippen MR) is 100 cm³/mol. The van der Waals surface area contributed by atoms with Crippen molar-refractivity contribution in [2.24, 2.45) is 18.1 Å². The monoisotopic (exact) mass is 375 g/mol. The van der Waals surface area contributed by atoms with Gasteiger partial charge in [0.25, 0.3) is 5.91 Å². The van der Waals surface area contributed by atoms with E-state index in [0.29, 0.717) is 24.7 Å². The number of carbonyl (C=O) groups excluding carboxylic acids is 1. The number of hydrogen-bond donors (Lipinski definition) is 1. The standard InChI is InChI=1S/C19H25N3O3S/c1-21-14-17(26(20,24)25)13-18(21)19(23)22-11-9-16(10-12-22)8-7-15-5-3-2-4-6-15/h2-6,13-14,16H,7-12H2,1H3,(H2,20,24,25). The Morgan fingerprint density at radius 3 is 2.42 bits per heavy atom. The molecule has 0 saturated carbocycles. The summed E-state index contributed by atoms with van der Waals surface area (Å²) in [4.78, 5) is 14.5. The fourth-order valence-electron chi connectivity index (χ4n) is 3.50. The minimum Gasteiger partial charge on any atom is -0.345 e. The highest BCUT2D eigenvalue weighted by Crippen LogP contribution is 2.24. The fraction of sp³-hybridized carbons (Fsp3) is 0.421. The van der Waals surface area contributed by atoms with Gasteiger partial charge in [-0.25, -0.2) is 13.6 Å². The first kappa shape index (κ1) is 18.7. The van der Waals surface area contributed by atoms with Crippen LogP contribution in [-0.2, 0) is 23.5 Å². The average molecular weight is 375 g/mol. The van der Waals surface area contributed by atoms with Gasteiger partial charge in [-0.2, -0.15) is 0 Å². The van der Waals surface area contributed by atoms with Gasteiger partial charge in [0, 0.05) is 26.3 Å². The summed E-state index contributed by atoms with van der Waals surface area (Å²) in [6, 6.07) is 11.8. The van der Waals surface area contributed by atoms with E-state index in [4.69, 9.17) is 5.14 Å². The summed E-state index contributed by atoms with van der Waals surface area (Å²) in [7, 11) is -2.14. The number of primary sulfonamides is 1. The maximum Gasteiger partial charge on any atom is 0.270 e. The van der Waals surface area contributed by atoms with E-state index in [2.05, 4.69) is 24.3 Å². The molecule has 2 aromatic rings. The van der Waals surface area contributed by atoms with Crippen molar-refractivity contribution in [1.82, 2.24) is 9.47 Å². The molecule has 1 aliphatic heterocycles. The van der Waals surface area contributed by atoms with Gasteiger partial charge in [0.15, 0.2) is 0 Å². The lowest BCUT2D eigenvalue weighted by Gasteiger charge is -2.32. The van der Waals surface area contributed by atoms with Gasteiger partial charge in [0.05, 0.1) is 0 Å². The molecule has 0 bridgehead atoms. The molecule has 1 aromatic heterocycles. The van der Waals surface area contributed by atoms with Crippen LogP contribution in [-0.4, -0.2) is 36.9 Å². The maximum absolute atomic E-state index is 12.7. The summed E-state index contributed by atoms with van der Waals surface area (Å²) < 4.78 is 24.5. The van der Waals surface area contributed by atoms with E-state index in [9.17, 15) is 13.2 Å². The van der Waals surface area contributed by atoms with Crippen LogP contribution in [0.4, 0.5) is 0 Å². The summed E-state index contributed by atoms with van der Waals surface area (Å²) in [6.07, 6.45) is 5.53. The van der Waals surface area contributed by atoms with E-state index in [1.165, 1.54) is 22.4 Å². The minimum absolute atomic E-state index is 0.0268. The SMILES string of the molecule is Cn1cc(S(N)(=O)=O)cc1C(=O)N1CCC(CCc2ccccc2)CC1. The molecule has 0 radical (unpaired) electrons. The van der Waals surface area contributed by atoms with Crippen LogP contribution in [0.3, 0.4) is 0 Å². The van der Waals surface area contributed by atoms with Crippen LogP contribution in [0.5, 0.6) is 0 Å². The van der Waals surface area contributed by atoms with Crippen LogP contribution < -0.4 is 5.14 Å². The van der Waals surface area contributed by atoms with Gasteiger partial charge >= 0.3 is 0 Å². The molecule has 1 amide bonds. The lowest BCUT2D eigenvalue weighted by molar-refractivity contribution is 0.0677. The highest BCUT2D eigenvalue weighted by Gasteiger charge is 2.26. The summed E-state index contributed by atoms with van der Waals surface area (Å²) in [6.45, 7) is 1.41. The lowest BCUT2D eigenvalue weighted by atomic mass is 9.90. The van der Waals surface area contributed by atoms with Gasteiger partial charge in [-0.3, -0.25) is 4.79 Å². The third kappa shape index (κ3) is 4.34. The molecule has 1 fully saturated rings. The van der Waals surface area contributed by atoms with Crippen LogP contribution in [0.2, 0.25) is 0 Å². The molecule has 1 aliphatic rings. The lowest BCUT2D eigenvalue weighted by Crippen LogP contribution is -2.39. The highest BCUT2D eigenvalue weighted by atomic mass is 32.2. The van der Waals surface area contributed by atoms with E-state index in [1.807, 2.05) is 6.07 Å². The molecule has 2 heterocycles. The van der Waals surface area contributed by atoms with Gasteiger partial charge in [-0.15, -0.1) is 0 Å². The largest absolute Gasteiger partial charge is 0.345 e. The second kappa shape index (κ2) is 7.63. The molecule has 7 heteroatoms. The van der Waals surface area contributed by atoms with Gasteiger partial charge in [-0.05, 0) is 43.2 Å². The van der Waals surface area contributed by atoms with Crippen molar-refractivity contribution in [3.8, 4) is 0 Å². The Hall–Kier alpha value is -2.12. The normalized spacial score (nSPS) is 16.0. The number of piperidine rings is 1. The number of nitrogens with zero attached hydrogens (tertiary/aromatic N) is 2. The number of rotatable bonds is 5.